The summed E-state index contributed by atoms with van der Waals surface area (Å²) in [6.45, 7) is 5.71. The Labute approximate surface area is 97.4 Å². The summed E-state index contributed by atoms with van der Waals surface area (Å²) >= 11 is 0. The Kier molecular flexibility index (Phi) is 5.13. The number of aliphatic hydroxyl groups excluding tert-OH is 1. The topological polar surface area (TPSA) is 20.2 Å². The lowest BCUT2D eigenvalue weighted by atomic mass is 10.0. The van der Waals surface area contributed by atoms with Crippen molar-refractivity contribution in [3.63, 3.8) is 0 Å². The summed E-state index contributed by atoms with van der Waals surface area (Å²) in [6, 6.07) is 8.32. The van der Waals surface area contributed by atoms with Crippen LogP contribution in [0, 0.1) is 6.92 Å². The van der Waals surface area contributed by atoms with Gasteiger partial charge in [-0.05, 0) is 36.5 Å². The molecule has 0 aliphatic rings. The van der Waals surface area contributed by atoms with Gasteiger partial charge < -0.3 is 5.11 Å². The van der Waals surface area contributed by atoms with Crippen molar-refractivity contribution >= 4 is 0 Å². The lowest BCUT2D eigenvalue weighted by Crippen LogP contribution is -1.90. The van der Waals surface area contributed by atoms with Crippen LogP contribution in [0.4, 0.5) is 0 Å². The van der Waals surface area contributed by atoms with Crippen molar-refractivity contribution in [1.82, 2.24) is 0 Å². The maximum Gasteiger partial charge on any atom is 0.0823 e. The van der Waals surface area contributed by atoms with Crippen LogP contribution in [0.3, 0.4) is 0 Å². The van der Waals surface area contributed by atoms with E-state index in [0.29, 0.717) is 0 Å². The molecule has 0 radical (unpaired) electrons. The molecule has 1 N–H and O–H groups in total. The van der Waals surface area contributed by atoms with Crippen LogP contribution in [0.15, 0.2) is 60.9 Å². The summed E-state index contributed by atoms with van der Waals surface area (Å²) in [5.41, 5.74) is 3.55. The van der Waals surface area contributed by atoms with E-state index in [9.17, 15) is 0 Å². The molecule has 0 amide bonds. The average molecular weight is 214 g/mol. The normalized spacial score (nSPS) is 11.9. The molecule has 1 nitrogen and oxygen atoms in total. The third kappa shape index (κ3) is 3.77. The number of aliphatic hydroxyl groups is 1. The van der Waals surface area contributed by atoms with Gasteiger partial charge >= 0.3 is 0 Å². The van der Waals surface area contributed by atoms with Crippen LogP contribution >= 0.6 is 0 Å². The van der Waals surface area contributed by atoms with Gasteiger partial charge in [0.2, 0.25) is 0 Å². The van der Waals surface area contributed by atoms with Gasteiger partial charge in [0.05, 0.1) is 6.26 Å². The van der Waals surface area contributed by atoms with Crippen LogP contribution in [0.5, 0.6) is 0 Å². The molecular formula is C15H18O. The molecule has 1 aromatic rings. The first-order chi connectivity index (χ1) is 7.77. The minimum absolute atomic E-state index is 0.839. The summed E-state index contributed by atoms with van der Waals surface area (Å²) in [6.07, 6.45) is 8.37. The Bertz CT molecular complexity index is 400. The average Bonchev–Trinajstić information content (AvgIpc) is 2.31. The highest BCUT2D eigenvalue weighted by atomic mass is 16.2. The second kappa shape index (κ2) is 6.67. The third-order valence-corrected chi connectivity index (χ3v) is 2.56. The van der Waals surface area contributed by atoms with Gasteiger partial charge in [0.25, 0.3) is 0 Å². The molecule has 0 saturated carbocycles. The molecule has 0 aliphatic carbocycles. The number of hydrogen-bond donors (Lipinski definition) is 1. The molecule has 1 rings (SSSR count). The molecule has 0 aromatic heterocycles. The zero-order chi connectivity index (χ0) is 11.8. The van der Waals surface area contributed by atoms with Crippen molar-refractivity contribution in [3.8, 4) is 0 Å². The van der Waals surface area contributed by atoms with Gasteiger partial charge in [0.15, 0.2) is 0 Å². The number of aryl methyl sites for hydroxylation is 2. The first kappa shape index (κ1) is 12.3. The van der Waals surface area contributed by atoms with E-state index in [1.165, 1.54) is 11.1 Å². The molecule has 0 saturated heterocycles. The number of hydrogen-bond acceptors (Lipinski definition) is 1. The van der Waals surface area contributed by atoms with E-state index in [1.807, 2.05) is 24.3 Å². The standard InChI is InChI=1S/C15H18O/c1-3-4-8-14(12-16)10-11-15-9-6-5-7-13(15)2/h3-9,12,16H,1,10-11H2,2H3/b8-4-,14-12+. The van der Waals surface area contributed by atoms with Gasteiger partial charge in [-0.15, -0.1) is 0 Å². The molecular weight excluding hydrogens is 196 g/mol. The molecule has 0 atom stereocenters. The largest absolute Gasteiger partial charge is 0.515 e. The van der Waals surface area contributed by atoms with Gasteiger partial charge in [0, 0.05) is 0 Å². The van der Waals surface area contributed by atoms with Crippen molar-refractivity contribution in [2.24, 2.45) is 0 Å². The van der Waals surface area contributed by atoms with Crippen LogP contribution in [0.25, 0.3) is 0 Å². The van der Waals surface area contributed by atoms with Crippen LogP contribution < -0.4 is 0 Å². The van der Waals surface area contributed by atoms with Crippen LogP contribution in [-0.4, -0.2) is 5.11 Å². The summed E-state index contributed by atoms with van der Waals surface area (Å²) in [4.78, 5) is 0. The third-order valence-electron chi connectivity index (χ3n) is 2.56. The van der Waals surface area contributed by atoms with Crippen molar-refractivity contribution in [3.05, 3.63) is 72.0 Å². The summed E-state index contributed by atoms with van der Waals surface area (Å²) in [5, 5.41) is 9.05. The zero-order valence-corrected chi connectivity index (χ0v) is 9.69. The van der Waals surface area contributed by atoms with Gasteiger partial charge in [-0.3, -0.25) is 0 Å². The van der Waals surface area contributed by atoms with E-state index in [0.717, 1.165) is 24.7 Å². The first-order valence-electron chi connectivity index (χ1n) is 5.44. The first-order valence-corrected chi connectivity index (χ1v) is 5.44. The Balaban J connectivity index is 2.60. The highest BCUT2D eigenvalue weighted by Gasteiger charge is 1.98. The van der Waals surface area contributed by atoms with Crippen LogP contribution in [-0.2, 0) is 6.42 Å². The highest BCUT2D eigenvalue weighted by Crippen LogP contribution is 2.13. The highest BCUT2D eigenvalue weighted by molar-refractivity contribution is 5.28. The maximum atomic E-state index is 9.05. The summed E-state index contributed by atoms with van der Waals surface area (Å²) in [5.74, 6) is 0. The predicted molar refractivity (Wildman–Crippen MR) is 69.5 cm³/mol. The minimum Gasteiger partial charge on any atom is -0.515 e. The minimum atomic E-state index is 0.839. The van der Waals surface area contributed by atoms with E-state index >= 15 is 0 Å². The van der Waals surface area contributed by atoms with Gasteiger partial charge in [-0.1, -0.05) is 49.1 Å². The predicted octanol–water partition coefficient (Wildman–Crippen LogP) is 4.11. The monoisotopic (exact) mass is 214 g/mol. The fraction of sp³-hybridized carbons (Fsp3) is 0.200. The van der Waals surface area contributed by atoms with Gasteiger partial charge in [-0.2, -0.15) is 0 Å². The van der Waals surface area contributed by atoms with Crippen molar-refractivity contribution in [2.75, 3.05) is 0 Å². The molecule has 0 fully saturated rings. The molecule has 1 aromatic carbocycles. The molecule has 0 bridgehead atoms. The SMILES string of the molecule is C=C/C=C\C(=C/O)CCc1ccccc1C. The van der Waals surface area contributed by atoms with E-state index in [4.69, 9.17) is 5.11 Å². The van der Waals surface area contributed by atoms with Crippen LogP contribution in [0.2, 0.25) is 0 Å². The Morgan fingerprint density at radius 1 is 1.38 bits per heavy atom. The van der Waals surface area contributed by atoms with E-state index < -0.39 is 0 Å². The zero-order valence-electron chi connectivity index (χ0n) is 9.69. The van der Waals surface area contributed by atoms with Crippen molar-refractivity contribution < 1.29 is 5.11 Å². The lowest BCUT2D eigenvalue weighted by Gasteiger charge is -2.05. The summed E-state index contributed by atoms with van der Waals surface area (Å²) in [7, 11) is 0. The summed E-state index contributed by atoms with van der Waals surface area (Å²) < 4.78 is 0. The smallest absolute Gasteiger partial charge is 0.0823 e. The number of benzene rings is 1. The van der Waals surface area contributed by atoms with E-state index in [1.54, 1.807) is 6.08 Å². The van der Waals surface area contributed by atoms with E-state index in [-0.39, 0.29) is 0 Å². The Morgan fingerprint density at radius 2 is 2.12 bits per heavy atom. The van der Waals surface area contributed by atoms with Crippen LogP contribution in [0.1, 0.15) is 17.5 Å². The maximum absolute atomic E-state index is 9.05. The fourth-order valence-corrected chi connectivity index (χ4v) is 1.55. The molecule has 0 aliphatic heterocycles. The molecule has 0 spiro atoms. The Hall–Kier alpha value is -1.76. The van der Waals surface area contributed by atoms with Crippen molar-refractivity contribution in [2.45, 2.75) is 19.8 Å². The molecule has 16 heavy (non-hydrogen) atoms. The second-order valence-corrected chi connectivity index (χ2v) is 3.73. The second-order valence-electron chi connectivity index (χ2n) is 3.73. The Morgan fingerprint density at radius 3 is 2.75 bits per heavy atom. The molecule has 0 heterocycles. The molecule has 84 valence electrons. The lowest BCUT2D eigenvalue weighted by molar-refractivity contribution is 0.466. The molecule has 0 unspecified atom stereocenters. The molecule has 1 heteroatoms. The number of rotatable bonds is 5. The van der Waals surface area contributed by atoms with Gasteiger partial charge in [0.1, 0.15) is 0 Å². The van der Waals surface area contributed by atoms with Crippen molar-refractivity contribution in [1.29, 1.82) is 0 Å². The van der Waals surface area contributed by atoms with E-state index in [2.05, 4.69) is 25.6 Å². The van der Waals surface area contributed by atoms with Gasteiger partial charge in [-0.25, -0.2) is 0 Å². The quantitative estimate of drug-likeness (QED) is 0.577. The number of allylic oxidation sites excluding steroid dienone is 4. The fourth-order valence-electron chi connectivity index (χ4n) is 1.55.